The van der Waals surface area contributed by atoms with Crippen LogP contribution in [0.15, 0.2) is 48.5 Å². The Balaban J connectivity index is 1.26. The first-order valence-corrected chi connectivity index (χ1v) is 11.4. The lowest BCUT2D eigenvalue weighted by molar-refractivity contribution is 0.177. The quantitative estimate of drug-likeness (QED) is 0.499. The van der Waals surface area contributed by atoms with E-state index in [2.05, 4.69) is 55.5 Å². The summed E-state index contributed by atoms with van der Waals surface area (Å²) in [6.45, 7) is 1.92. The topological polar surface area (TPSA) is 0 Å². The molecule has 1 heteroatoms. The van der Waals surface area contributed by atoms with Gasteiger partial charge < -0.3 is 0 Å². The van der Waals surface area contributed by atoms with E-state index in [1.54, 1.807) is 5.56 Å². The SMILES string of the molecule is Cc1ccc(C2CCC(C3CCC(c4ccc(CCF)cc4)CC3)CC2)cc1. The zero-order valence-electron chi connectivity index (χ0n) is 17.4. The van der Waals surface area contributed by atoms with E-state index in [9.17, 15) is 4.39 Å². The first-order valence-electron chi connectivity index (χ1n) is 11.4. The van der Waals surface area contributed by atoms with Crippen LogP contribution in [0, 0.1) is 18.8 Å². The minimum atomic E-state index is -0.253. The summed E-state index contributed by atoms with van der Waals surface area (Å²) in [5.41, 5.74) is 5.53. The van der Waals surface area contributed by atoms with E-state index in [-0.39, 0.29) is 6.67 Å². The van der Waals surface area contributed by atoms with Gasteiger partial charge in [0.25, 0.3) is 0 Å². The second-order valence-electron chi connectivity index (χ2n) is 9.31. The van der Waals surface area contributed by atoms with Crippen molar-refractivity contribution in [3.8, 4) is 0 Å². The number of halogens is 1. The molecule has 2 aliphatic rings. The maximum Gasteiger partial charge on any atom is 0.0934 e. The summed E-state index contributed by atoms with van der Waals surface area (Å²) in [5.74, 6) is 3.41. The fourth-order valence-corrected chi connectivity index (χ4v) is 5.75. The van der Waals surface area contributed by atoms with Gasteiger partial charge in [-0.25, -0.2) is 0 Å². The summed E-state index contributed by atoms with van der Waals surface area (Å²) in [5, 5.41) is 0. The predicted octanol–water partition coefficient (Wildman–Crippen LogP) is 7.75. The van der Waals surface area contributed by atoms with Gasteiger partial charge in [-0.3, -0.25) is 4.39 Å². The van der Waals surface area contributed by atoms with E-state index in [0.29, 0.717) is 6.42 Å². The van der Waals surface area contributed by atoms with Gasteiger partial charge in [0.15, 0.2) is 0 Å². The highest BCUT2D eigenvalue weighted by Gasteiger charge is 2.31. The second kappa shape index (κ2) is 9.25. The summed E-state index contributed by atoms with van der Waals surface area (Å²) in [7, 11) is 0. The molecule has 2 aromatic rings. The molecule has 0 nitrogen and oxygen atoms in total. The minimum absolute atomic E-state index is 0.253. The van der Waals surface area contributed by atoms with Gasteiger partial charge in [0, 0.05) is 6.42 Å². The number of hydrogen-bond donors (Lipinski definition) is 0. The van der Waals surface area contributed by atoms with E-state index >= 15 is 0 Å². The average Bonchev–Trinajstić information content (AvgIpc) is 2.75. The van der Waals surface area contributed by atoms with Crippen molar-refractivity contribution in [2.75, 3.05) is 6.67 Å². The number of aryl methyl sites for hydroxylation is 2. The van der Waals surface area contributed by atoms with Crippen LogP contribution in [0.1, 0.15) is 85.5 Å². The zero-order chi connectivity index (χ0) is 19.3. The highest BCUT2D eigenvalue weighted by molar-refractivity contribution is 5.26. The molecule has 0 unspecified atom stereocenters. The summed E-state index contributed by atoms with van der Waals surface area (Å²) in [4.78, 5) is 0. The van der Waals surface area contributed by atoms with Crippen LogP contribution < -0.4 is 0 Å². The molecule has 0 saturated heterocycles. The Morgan fingerprint density at radius 3 is 1.50 bits per heavy atom. The normalized spacial score (nSPS) is 28.2. The smallest absolute Gasteiger partial charge is 0.0934 e. The maximum atomic E-state index is 12.5. The Hall–Kier alpha value is -1.63. The largest absolute Gasteiger partial charge is 0.251 e. The lowest BCUT2D eigenvalue weighted by atomic mass is 9.67. The van der Waals surface area contributed by atoms with Crippen LogP contribution in [0.3, 0.4) is 0 Å². The molecule has 0 bridgehead atoms. The van der Waals surface area contributed by atoms with Gasteiger partial charge in [0.2, 0.25) is 0 Å². The van der Waals surface area contributed by atoms with Gasteiger partial charge in [0.05, 0.1) is 6.67 Å². The maximum absolute atomic E-state index is 12.5. The van der Waals surface area contributed by atoms with Crippen molar-refractivity contribution in [2.24, 2.45) is 11.8 Å². The van der Waals surface area contributed by atoms with Gasteiger partial charge in [-0.05, 0) is 98.7 Å². The molecule has 2 fully saturated rings. The molecule has 0 amide bonds. The van der Waals surface area contributed by atoms with Crippen LogP contribution in [0.4, 0.5) is 4.39 Å². The first-order chi connectivity index (χ1) is 13.7. The average molecular weight is 379 g/mol. The lowest BCUT2D eigenvalue weighted by Crippen LogP contribution is -2.25. The molecule has 0 N–H and O–H groups in total. The van der Waals surface area contributed by atoms with Crippen molar-refractivity contribution < 1.29 is 4.39 Å². The van der Waals surface area contributed by atoms with Crippen molar-refractivity contribution >= 4 is 0 Å². The van der Waals surface area contributed by atoms with Crippen LogP contribution in [0.25, 0.3) is 0 Å². The van der Waals surface area contributed by atoms with Gasteiger partial charge in [-0.2, -0.15) is 0 Å². The molecule has 2 saturated carbocycles. The van der Waals surface area contributed by atoms with Gasteiger partial charge in [0.1, 0.15) is 0 Å². The third-order valence-corrected chi connectivity index (χ3v) is 7.59. The van der Waals surface area contributed by atoms with Crippen LogP contribution >= 0.6 is 0 Å². The van der Waals surface area contributed by atoms with Crippen molar-refractivity contribution in [3.63, 3.8) is 0 Å². The molecule has 0 aromatic heterocycles. The summed E-state index contributed by atoms with van der Waals surface area (Å²) in [6.07, 6.45) is 11.6. The van der Waals surface area contributed by atoms with E-state index in [1.165, 1.54) is 62.5 Å². The fraction of sp³-hybridized carbons (Fsp3) is 0.556. The zero-order valence-corrected chi connectivity index (χ0v) is 17.4. The number of rotatable bonds is 5. The standard InChI is InChI=1S/C27H35F/c1-20-2-6-22(7-3-20)24-10-14-26(15-11-24)27-16-12-25(13-17-27)23-8-4-21(5-9-23)18-19-28/h2-9,24-27H,10-19H2,1H3. The molecular weight excluding hydrogens is 343 g/mol. The van der Waals surface area contributed by atoms with E-state index in [0.717, 1.165) is 29.2 Å². The van der Waals surface area contributed by atoms with Crippen LogP contribution in [0.2, 0.25) is 0 Å². The Kier molecular flexibility index (Phi) is 6.50. The molecule has 2 aliphatic carbocycles. The highest BCUT2D eigenvalue weighted by Crippen LogP contribution is 2.45. The molecule has 0 heterocycles. The number of hydrogen-bond acceptors (Lipinski definition) is 0. The van der Waals surface area contributed by atoms with Crippen molar-refractivity contribution in [2.45, 2.75) is 76.5 Å². The lowest BCUT2D eigenvalue weighted by Gasteiger charge is -2.38. The fourth-order valence-electron chi connectivity index (χ4n) is 5.75. The van der Waals surface area contributed by atoms with Crippen molar-refractivity contribution in [1.29, 1.82) is 0 Å². The van der Waals surface area contributed by atoms with Crippen molar-refractivity contribution in [1.82, 2.24) is 0 Å². The molecule has 2 aromatic carbocycles. The monoisotopic (exact) mass is 378 g/mol. The molecule has 28 heavy (non-hydrogen) atoms. The molecule has 0 atom stereocenters. The molecule has 0 aliphatic heterocycles. The molecule has 150 valence electrons. The Bertz CT molecular complexity index is 714. The predicted molar refractivity (Wildman–Crippen MR) is 117 cm³/mol. The van der Waals surface area contributed by atoms with Gasteiger partial charge >= 0.3 is 0 Å². The molecule has 0 radical (unpaired) electrons. The summed E-state index contributed by atoms with van der Waals surface area (Å²) in [6, 6.07) is 18.0. The second-order valence-corrected chi connectivity index (χ2v) is 9.31. The van der Waals surface area contributed by atoms with Crippen LogP contribution in [-0.2, 0) is 6.42 Å². The third kappa shape index (κ3) is 4.67. The highest BCUT2D eigenvalue weighted by atomic mass is 19.1. The molecule has 4 rings (SSSR count). The van der Waals surface area contributed by atoms with E-state index in [4.69, 9.17) is 0 Å². The number of benzene rings is 2. The summed E-state index contributed by atoms with van der Waals surface area (Å²) >= 11 is 0. The molecule has 0 spiro atoms. The Labute approximate surface area is 170 Å². The Morgan fingerprint density at radius 1 is 0.643 bits per heavy atom. The van der Waals surface area contributed by atoms with Gasteiger partial charge in [-0.15, -0.1) is 0 Å². The van der Waals surface area contributed by atoms with E-state index in [1.807, 2.05) is 0 Å². The van der Waals surface area contributed by atoms with Crippen molar-refractivity contribution in [3.05, 3.63) is 70.8 Å². The minimum Gasteiger partial charge on any atom is -0.251 e. The third-order valence-electron chi connectivity index (χ3n) is 7.59. The van der Waals surface area contributed by atoms with E-state index < -0.39 is 0 Å². The number of alkyl halides is 1. The van der Waals surface area contributed by atoms with Gasteiger partial charge in [-0.1, -0.05) is 54.1 Å². The van der Waals surface area contributed by atoms with Crippen LogP contribution in [0.5, 0.6) is 0 Å². The molecular formula is C27H35F. The Morgan fingerprint density at radius 2 is 1.07 bits per heavy atom. The first kappa shape index (κ1) is 19.7. The summed E-state index contributed by atoms with van der Waals surface area (Å²) < 4.78 is 12.5. The van der Waals surface area contributed by atoms with Crippen LogP contribution in [-0.4, -0.2) is 6.67 Å².